The molecule has 0 aliphatic carbocycles. The van der Waals surface area contributed by atoms with E-state index >= 15 is 0 Å². The van der Waals surface area contributed by atoms with Gasteiger partial charge in [-0.1, -0.05) is 31.2 Å². The SMILES string of the molecule is CCCC(=O)Nc1ccc(CN=C(NCC)NC2CCN(c3ccccc3OC)C2)cc1.I. The minimum absolute atomic E-state index is 0. The number of hydrogen-bond acceptors (Lipinski definition) is 4. The third-order valence-electron chi connectivity index (χ3n) is 5.43. The highest BCUT2D eigenvalue weighted by Crippen LogP contribution is 2.30. The fourth-order valence-electron chi connectivity index (χ4n) is 3.82. The number of nitrogens with zero attached hydrogens (tertiary/aromatic N) is 2. The Hall–Kier alpha value is -2.49. The lowest BCUT2D eigenvalue weighted by atomic mass is 10.2. The molecule has 7 nitrogen and oxygen atoms in total. The molecule has 3 N–H and O–H groups in total. The molecule has 1 atom stereocenters. The second kappa shape index (κ2) is 13.9. The number of aliphatic imine (C=N–C) groups is 1. The summed E-state index contributed by atoms with van der Waals surface area (Å²) in [5.74, 6) is 1.78. The number of ether oxygens (including phenoxy) is 1. The van der Waals surface area contributed by atoms with E-state index in [1.165, 1.54) is 0 Å². The second-order valence-electron chi connectivity index (χ2n) is 7.94. The molecule has 1 aliphatic heterocycles. The number of amides is 1. The standard InChI is InChI=1S/C25H35N5O2.HI/c1-4-8-24(31)28-20-13-11-19(12-14-20)17-27-25(26-5-2)29-21-15-16-30(18-21)22-9-6-7-10-23(22)32-3;/h6-7,9-14,21H,4-5,8,15-18H2,1-3H3,(H,28,31)(H2,26,27,29);1H. The fraction of sp³-hybridized carbons (Fsp3) is 0.440. The van der Waals surface area contributed by atoms with E-state index in [1.807, 2.05) is 49.4 Å². The van der Waals surface area contributed by atoms with Crippen molar-refractivity contribution in [3.63, 3.8) is 0 Å². The molecule has 0 spiro atoms. The van der Waals surface area contributed by atoms with Crippen molar-refractivity contribution < 1.29 is 9.53 Å². The minimum Gasteiger partial charge on any atom is -0.495 e. The highest BCUT2D eigenvalue weighted by atomic mass is 127. The number of carbonyl (C=O) groups is 1. The van der Waals surface area contributed by atoms with Crippen molar-refractivity contribution in [2.24, 2.45) is 4.99 Å². The summed E-state index contributed by atoms with van der Waals surface area (Å²) >= 11 is 0. The van der Waals surface area contributed by atoms with E-state index in [0.29, 0.717) is 19.0 Å². The molecule has 0 saturated carbocycles. The van der Waals surface area contributed by atoms with Crippen molar-refractivity contribution in [3.05, 3.63) is 54.1 Å². The third-order valence-corrected chi connectivity index (χ3v) is 5.43. The molecule has 1 unspecified atom stereocenters. The van der Waals surface area contributed by atoms with Crippen LogP contribution in [0.2, 0.25) is 0 Å². The van der Waals surface area contributed by atoms with Crippen LogP contribution >= 0.6 is 24.0 Å². The number of halogens is 1. The zero-order valence-corrected chi connectivity index (χ0v) is 22.1. The van der Waals surface area contributed by atoms with Gasteiger partial charge in [0.05, 0.1) is 19.3 Å². The Kier molecular flexibility index (Phi) is 11.3. The Morgan fingerprint density at radius 2 is 1.91 bits per heavy atom. The fourth-order valence-corrected chi connectivity index (χ4v) is 3.82. The normalized spacial score (nSPS) is 15.5. The molecule has 0 radical (unpaired) electrons. The van der Waals surface area contributed by atoms with Gasteiger partial charge in [-0.15, -0.1) is 24.0 Å². The Balaban J connectivity index is 0.00000385. The van der Waals surface area contributed by atoms with Crippen LogP contribution < -0.4 is 25.6 Å². The van der Waals surface area contributed by atoms with E-state index < -0.39 is 0 Å². The molecule has 1 aliphatic rings. The molecule has 180 valence electrons. The highest BCUT2D eigenvalue weighted by molar-refractivity contribution is 14.0. The summed E-state index contributed by atoms with van der Waals surface area (Å²) in [6.45, 7) is 7.32. The van der Waals surface area contributed by atoms with E-state index in [2.05, 4.69) is 33.8 Å². The molecule has 2 aromatic rings. The lowest BCUT2D eigenvalue weighted by Crippen LogP contribution is -2.44. The average molecular weight is 566 g/mol. The van der Waals surface area contributed by atoms with Crippen LogP contribution in [0.5, 0.6) is 5.75 Å². The lowest BCUT2D eigenvalue weighted by molar-refractivity contribution is -0.116. The van der Waals surface area contributed by atoms with Crippen LogP contribution in [-0.2, 0) is 11.3 Å². The van der Waals surface area contributed by atoms with Crippen LogP contribution in [0.25, 0.3) is 0 Å². The van der Waals surface area contributed by atoms with Crippen LogP contribution in [0.3, 0.4) is 0 Å². The third kappa shape index (κ3) is 8.10. The van der Waals surface area contributed by atoms with Crippen LogP contribution in [-0.4, -0.2) is 44.7 Å². The van der Waals surface area contributed by atoms with Gasteiger partial charge in [-0.25, -0.2) is 4.99 Å². The molecule has 2 aromatic carbocycles. The predicted molar refractivity (Wildman–Crippen MR) is 147 cm³/mol. The summed E-state index contributed by atoms with van der Waals surface area (Å²) in [5.41, 5.74) is 3.05. The predicted octanol–water partition coefficient (Wildman–Crippen LogP) is 4.39. The number of para-hydroxylation sites is 2. The van der Waals surface area contributed by atoms with Gasteiger partial charge in [0.25, 0.3) is 0 Å². The van der Waals surface area contributed by atoms with Gasteiger partial charge >= 0.3 is 0 Å². The first kappa shape index (κ1) is 26.8. The van der Waals surface area contributed by atoms with Crippen molar-refractivity contribution in [3.8, 4) is 5.75 Å². The minimum atomic E-state index is 0. The molecule has 33 heavy (non-hydrogen) atoms. The molecule has 1 amide bonds. The van der Waals surface area contributed by atoms with Gasteiger partial charge in [-0.05, 0) is 49.6 Å². The number of nitrogens with one attached hydrogen (secondary N) is 3. The van der Waals surface area contributed by atoms with Crippen molar-refractivity contribution >= 4 is 47.2 Å². The first-order valence-electron chi connectivity index (χ1n) is 11.4. The number of anilines is 2. The maximum absolute atomic E-state index is 11.7. The Bertz CT molecular complexity index is 904. The monoisotopic (exact) mass is 565 g/mol. The van der Waals surface area contributed by atoms with E-state index in [1.54, 1.807) is 7.11 Å². The van der Waals surface area contributed by atoms with Gasteiger partial charge in [0.1, 0.15) is 5.75 Å². The van der Waals surface area contributed by atoms with Gasteiger partial charge in [0, 0.05) is 37.8 Å². The van der Waals surface area contributed by atoms with Crippen molar-refractivity contribution in [1.82, 2.24) is 10.6 Å². The number of hydrogen-bond donors (Lipinski definition) is 3. The Morgan fingerprint density at radius 1 is 1.15 bits per heavy atom. The largest absolute Gasteiger partial charge is 0.495 e. The molecule has 0 aromatic heterocycles. The number of rotatable bonds is 9. The average Bonchev–Trinajstić information content (AvgIpc) is 3.27. The van der Waals surface area contributed by atoms with Crippen LogP contribution in [0, 0.1) is 0 Å². The topological polar surface area (TPSA) is 78.0 Å². The summed E-state index contributed by atoms with van der Waals surface area (Å²) in [6.07, 6.45) is 2.42. The maximum Gasteiger partial charge on any atom is 0.224 e. The lowest BCUT2D eigenvalue weighted by Gasteiger charge is -2.22. The Morgan fingerprint density at radius 3 is 2.61 bits per heavy atom. The zero-order valence-electron chi connectivity index (χ0n) is 19.8. The van der Waals surface area contributed by atoms with Crippen molar-refractivity contribution in [2.75, 3.05) is 37.0 Å². The summed E-state index contributed by atoms with van der Waals surface area (Å²) in [5, 5.41) is 9.84. The van der Waals surface area contributed by atoms with Gasteiger partial charge in [-0.3, -0.25) is 4.79 Å². The molecule has 8 heteroatoms. The maximum atomic E-state index is 11.7. The number of methoxy groups -OCH3 is 1. The van der Waals surface area contributed by atoms with Crippen molar-refractivity contribution in [1.29, 1.82) is 0 Å². The Labute approximate surface area is 214 Å². The number of carbonyl (C=O) groups excluding carboxylic acids is 1. The molecule has 1 fully saturated rings. The molecular formula is C25H36IN5O2. The smallest absolute Gasteiger partial charge is 0.224 e. The van der Waals surface area contributed by atoms with Gasteiger partial charge in [0.2, 0.25) is 5.91 Å². The van der Waals surface area contributed by atoms with Crippen LogP contribution in [0.1, 0.15) is 38.7 Å². The van der Waals surface area contributed by atoms with E-state index in [9.17, 15) is 4.79 Å². The molecule has 1 heterocycles. The summed E-state index contributed by atoms with van der Waals surface area (Å²) < 4.78 is 5.52. The first-order valence-corrected chi connectivity index (χ1v) is 11.4. The summed E-state index contributed by atoms with van der Waals surface area (Å²) in [7, 11) is 1.71. The number of benzene rings is 2. The van der Waals surface area contributed by atoms with Gasteiger partial charge < -0.3 is 25.6 Å². The molecule has 3 rings (SSSR count). The molecule has 1 saturated heterocycles. The van der Waals surface area contributed by atoms with E-state index in [-0.39, 0.29) is 29.9 Å². The van der Waals surface area contributed by atoms with Crippen LogP contribution in [0.4, 0.5) is 11.4 Å². The number of guanidine groups is 1. The molecule has 0 bridgehead atoms. The second-order valence-corrected chi connectivity index (χ2v) is 7.94. The summed E-state index contributed by atoms with van der Waals surface area (Å²) in [4.78, 5) is 18.9. The quantitative estimate of drug-likeness (QED) is 0.239. The van der Waals surface area contributed by atoms with E-state index in [0.717, 1.165) is 61.1 Å². The van der Waals surface area contributed by atoms with Gasteiger partial charge in [0.15, 0.2) is 5.96 Å². The molecular weight excluding hydrogens is 529 g/mol. The van der Waals surface area contributed by atoms with E-state index in [4.69, 9.17) is 9.73 Å². The first-order chi connectivity index (χ1) is 15.6. The van der Waals surface area contributed by atoms with Crippen LogP contribution in [0.15, 0.2) is 53.5 Å². The highest BCUT2D eigenvalue weighted by Gasteiger charge is 2.25. The summed E-state index contributed by atoms with van der Waals surface area (Å²) in [6, 6.07) is 16.3. The zero-order chi connectivity index (χ0) is 22.8. The van der Waals surface area contributed by atoms with Gasteiger partial charge in [-0.2, -0.15) is 0 Å². The van der Waals surface area contributed by atoms with Crippen molar-refractivity contribution in [2.45, 2.75) is 45.7 Å².